The maximum atomic E-state index is 11.7. The molecule has 0 aliphatic rings. The summed E-state index contributed by atoms with van der Waals surface area (Å²) in [5.41, 5.74) is 1.13. The number of rotatable bonds is 5. The third-order valence-electron chi connectivity index (χ3n) is 2.65. The minimum atomic E-state index is 0.00365. The van der Waals surface area contributed by atoms with E-state index >= 15 is 0 Å². The van der Waals surface area contributed by atoms with Gasteiger partial charge in [0.25, 0.3) is 0 Å². The number of urea groups is 1. The van der Waals surface area contributed by atoms with E-state index in [1.807, 2.05) is 26.0 Å². The molecule has 1 aromatic carbocycles. The molecule has 1 aromatic rings. The summed E-state index contributed by atoms with van der Waals surface area (Å²) in [5, 5.41) is 2.92. The van der Waals surface area contributed by atoms with E-state index in [0.29, 0.717) is 6.54 Å². The van der Waals surface area contributed by atoms with Crippen molar-refractivity contribution >= 4 is 17.8 Å². The predicted octanol–water partition coefficient (Wildman–Crippen LogP) is 2.96. The summed E-state index contributed by atoms with van der Waals surface area (Å²) in [4.78, 5) is 14.7. The van der Waals surface area contributed by atoms with Crippen LogP contribution >= 0.6 is 11.8 Å². The Morgan fingerprint density at radius 1 is 1.24 bits per heavy atom. The minimum Gasteiger partial charge on any atom is -0.334 e. The van der Waals surface area contributed by atoms with E-state index in [1.54, 1.807) is 16.7 Å². The van der Waals surface area contributed by atoms with Gasteiger partial charge in [0.05, 0.1) is 0 Å². The van der Waals surface area contributed by atoms with Crippen LogP contribution in [0.25, 0.3) is 0 Å². The molecule has 4 heteroatoms. The highest BCUT2D eigenvalue weighted by Gasteiger charge is 2.07. The number of nitrogens with one attached hydrogen (secondary N) is 1. The molecule has 0 saturated carbocycles. The molecule has 2 amide bonds. The Hall–Kier alpha value is -1.16. The van der Waals surface area contributed by atoms with E-state index < -0.39 is 0 Å². The SMILES string of the molecule is CCN(CC)C(=O)NCc1ccc(SC)cc1. The Morgan fingerprint density at radius 3 is 2.29 bits per heavy atom. The molecule has 1 rings (SSSR count). The van der Waals surface area contributed by atoms with Crippen molar-refractivity contribution < 1.29 is 4.79 Å². The van der Waals surface area contributed by atoms with Crippen molar-refractivity contribution in [2.24, 2.45) is 0 Å². The first-order valence-corrected chi connectivity index (χ1v) is 7.09. The summed E-state index contributed by atoms with van der Waals surface area (Å²) < 4.78 is 0. The van der Waals surface area contributed by atoms with Crippen LogP contribution in [0.1, 0.15) is 19.4 Å². The third-order valence-corrected chi connectivity index (χ3v) is 3.40. The molecule has 1 N–H and O–H groups in total. The predicted molar refractivity (Wildman–Crippen MR) is 73.4 cm³/mol. The zero-order valence-corrected chi connectivity index (χ0v) is 11.5. The first-order chi connectivity index (χ1) is 8.21. The average Bonchev–Trinajstić information content (AvgIpc) is 2.38. The van der Waals surface area contributed by atoms with Crippen molar-refractivity contribution in [3.05, 3.63) is 29.8 Å². The monoisotopic (exact) mass is 252 g/mol. The fourth-order valence-corrected chi connectivity index (χ4v) is 1.95. The molecular weight excluding hydrogens is 232 g/mol. The van der Waals surface area contributed by atoms with E-state index in [4.69, 9.17) is 0 Å². The Kier molecular flexibility index (Phi) is 5.91. The van der Waals surface area contributed by atoms with E-state index in [9.17, 15) is 4.79 Å². The second-order valence-corrected chi connectivity index (χ2v) is 4.56. The third kappa shape index (κ3) is 4.30. The topological polar surface area (TPSA) is 32.3 Å². The smallest absolute Gasteiger partial charge is 0.317 e. The number of amides is 2. The summed E-state index contributed by atoms with van der Waals surface area (Å²) in [6, 6.07) is 8.25. The molecule has 0 unspecified atom stereocenters. The second kappa shape index (κ2) is 7.22. The zero-order valence-electron chi connectivity index (χ0n) is 10.7. The lowest BCUT2D eigenvalue weighted by atomic mass is 10.2. The number of carbonyl (C=O) groups is 1. The molecule has 17 heavy (non-hydrogen) atoms. The summed E-state index contributed by atoms with van der Waals surface area (Å²) in [6.07, 6.45) is 2.05. The number of hydrogen-bond donors (Lipinski definition) is 1. The number of carbonyl (C=O) groups excluding carboxylic acids is 1. The van der Waals surface area contributed by atoms with Gasteiger partial charge in [0.2, 0.25) is 0 Å². The normalized spacial score (nSPS) is 10.1. The Morgan fingerprint density at radius 2 is 1.82 bits per heavy atom. The first kappa shape index (κ1) is 13.9. The van der Waals surface area contributed by atoms with Gasteiger partial charge in [-0.25, -0.2) is 4.79 Å². The second-order valence-electron chi connectivity index (χ2n) is 3.68. The Balaban J connectivity index is 2.46. The van der Waals surface area contributed by atoms with Crippen LogP contribution in [-0.4, -0.2) is 30.3 Å². The van der Waals surface area contributed by atoms with Crippen molar-refractivity contribution in [3.63, 3.8) is 0 Å². The molecule has 3 nitrogen and oxygen atoms in total. The molecule has 0 aliphatic heterocycles. The molecule has 0 atom stereocenters. The Bertz CT molecular complexity index is 347. The van der Waals surface area contributed by atoms with Gasteiger partial charge >= 0.3 is 6.03 Å². The van der Waals surface area contributed by atoms with E-state index in [2.05, 4.69) is 23.7 Å². The van der Waals surface area contributed by atoms with Crippen LogP contribution in [0, 0.1) is 0 Å². The molecular formula is C13H20N2OS. The molecule has 0 fully saturated rings. The molecule has 94 valence electrons. The largest absolute Gasteiger partial charge is 0.334 e. The molecule has 0 saturated heterocycles. The van der Waals surface area contributed by atoms with Gasteiger partial charge in [0.1, 0.15) is 0 Å². The van der Waals surface area contributed by atoms with Gasteiger partial charge in [0, 0.05) is 24.5 Å². The lowest BCUT2D eigenvalue weighted by molar-refractivity contribution is 0.203. The highest BCUT2D eigenvalue weighted by Crippen LogP contribution is 2.14. The molecule has 0 aromatic heterocycles. The molecule has 0 spiro atoms. The van der Waals surface area contributed by atoms with Gasteiger partial charge in [-0.2, -0.15) is 0 Å². The lowest BCUT2D eigenvalue weighted by Gasteiger charge is -2.19. The van der Waals surface area contributed by atoms with Crippen LogP contribution in [0.4, 0.5) is 4.79 Å². The van der Waals surface area contributed by atoms with Gasteiger partial charge in [-0.3, -0.25) is 0 Å². The summed E-state index contributed by atoms with van der Waals surface area (Å²) in [7, 11) is 0. The number of nitrogens with zero attached hydrogens (tertiary/aromatic N) is 1. The van der Waals surface area contributed by atoms with Crippen LogP contribution < -0.4 is 5.32 Å². The van der Waals surface area contributed by atoms with E-state index in [0.717, 1.165) is 18.7 Å². The lowest BCUT2D eigenvalue weighted by Crippen LogP contribution is -2.39. The van der Waals surface area contributed by atoms with Gasteiger partial charge in [-0.05, 0) is 37.8 Å². The fraction of sp³-hybridized carbons (Fsp3) is 0.462. The maximum absolute atomic E-state index is 11.7. The highest BCUT2D eigenvalue weighted by atomic mass is 32.2. The van der Waals surface area contributed by atoms with Gasteiger partial charge in [0.15, 0.2) is 0 Å². The standard InChI is InChI=1S/C13H20N2OS/c1-4-15(5-2)13(16)14-10-11-6-8-12(17-3)9-7-11/h6-9H,4-5,10H2,1-3H3,(H,14,16). The van der Waals surface area contributed by atoms with Crippen molar-refractivity contribution in [2.75, 3.05) is 19.3 Å². The quantitative estimate of drug-likeness (QED) is 0.817. The van der Waals surface area contributed by atoms with Gasteiger partial charge in [-0.15, -0.1) is 11.8 Å². The molecule has 0 aliphatic carbocycles. The van der Waals surface area contributed by atoms with Gasteiger partial charge < -0.3 is 10.2 Å². The molecule has 0 bridgehead atoms. The van der Waals surface area contributed by atoms with Gasteiger partial charge in [-0.1, -0.05) is 12.1 Å². The van der Waals surface area contributed by atoms with E-state index in [1.165, 1.54) is 4.90 Å². The highest BCUT2D eigenvalue weighted by molar-refractivity contribution is 7.98. The average molecular weight is 252 g/mol. The van der Waals surface area contributed by atoms with Crippen LogP contribution in [-0.2, 0) is 6.54 Å². The minimum absolute atomic E-state index is 0.00365. The van der Waals surface area contributed by atoms with Crippen molar-refractivity contribution in [1.29, 1.82) is 0 Å². The van der Waals surface area contributed by atoms with Crippen molar-refractivity contribution in [3.8, 4) is 0 Å². The molecule has 0 heterocycles. The zero-order chi connectivity index (χ0) is 12.7. The maximum Gasteiger partial charge on any atom is 0.317 e. The fourth-order valence-electron chi connectivity index (χ4n) is 1.54. The van der Waals surface area contributed by atoms with Crippen molar-refractivity contribution in [2.45, 2.75) is 25.3 Å². The van der Waals surface area contributed by atoms with E-state index in [-0.39, 0.29) is 6.03 Å². The number of hydrogen-bond acceptors (Lipinski definition) is 2. The van der Waals surface area contributed by atoms with Crippen molar-refractivity contribution in [1.82, 2.24) is 10.2 Å². The number of thioether (sulfide) groups is 1. The van der Waals surface area contributed by atoms with Crippen LogP contribution in [0.2, 0.25) is 0 Å². The summed E-state index contributed by atoms with van der Waals surface area (Å²) in [5.74, 6) is 0. The van der Waals surface area contributed by atoms with Crippen LogP contribution in [0.15, 0.2) is 29.2 Å². The summed E-state index contributed by atoms with van der Waals surface area (Å²) in [6.45, 7) is 6.04. The Labute approximate surface area is 108 Å². The number of benzene rings is 1. The summed E-state index contributed by atoms with van der Waals surface area (Å²) >= 11 is 1.72. The first-order valence-electron chi connectivity index (χ1n) is 5.87. The van der Waals surface area contributed by atoms with Crippen LogP contribution in [0.3, 0.4) is 0 Å². The van der Waals surface area contributed by atoms with Crippen LogP contribution in [0.5, 0.6) is 0 Å². The molecule has 0 radical (unpaired) electrons.